The van der Waals surface area contributed by atoms with Crippen molar-refractivity contribution in [3.05, 3.63) is 137 Å². The van der Waals surface area contributed by atoms with Crippen LogP contribution in [0.5, 0.6) is 11.5 Å². The summed E-state index contributed by atoms with van der Waals surface area (Å²) in [6.07, 6.45) is 1.56. The van der Waals surface area contributed by atoms with Gasteiger partial charge in [0.25, 0.3) is 0 Å². The third kappa shape index (κ3) is 9.51. The summed E-state index contributed by atoms with van der Waals surface area (Å²) in [6.45, 7) is 6.82. The summed E-state index contributed by atoms with van der Waals surface area (Å²) in [5.41, 5.74) is 7.65. The van der Waals surface area contributed by atoms with Gasteiger partial charge in [-0.3, -0.25) is 4.79 Å². The summed E-state index contributed by atoms with van der Waals surface area (Å²) < 4.78 is 17.6. The van der Waals surface area contributed by atoms with Crippen molar-refractivity contribution < 1.29 is 23.5 Å². The van der Waals surface area contributed by atoms with Crippen molar-refractivity contribution in [1.29, 1.82) is 0 Å². The monoisotopic (exact) mass is 632 g/mol. The minimum Gasteiger partial charge on any atom is -0.488 e. The fraction of sp³-hybridized carbons (Fsp3) is 0.194. The smallest absolute Gasteiger partial charge is 0.339 e. The molecule has 0 spiro atoms. The van der Waals surface area contributed by atoms with E-state index in [0.29, 0.717) is 36.1 Å². The topological polar surface area (TPSA) is 140 Å². The molecule has 0 aliphatic carbocycles. The lowest BCUT2D eigenvalue weighted by atomic mass is 9.99. The first-order chi connectivity index (χ1) is 22.8. The Morgan fingerprint density at radius 1 is 0.830 bits per heavy atom. The zero-order valence-electron chi connectivity index (χ0n) is 26.4. The summed E-state index contributed by atoms with van der Waals surface area (Å²) in [6, 6.07) is 30.2. The number of urea groups is 1. The van der Waals surface area contributed by atoms with E-state index < -0.39 is 11.9 Å². The van der Waals surface area contributed by atoms with Crippen LogP contribution in [0.2, 0.25) is 0 Å². The van der Waals surface area contributed by atoms with Crippen molar-refractivity contribution >= 4 is 23.8 Å². The number of rotatable bonds is 13. The van der Waals surface area contributed by atoms with Gasteiger partial charge in [0.2, 0.25) is 5.89 Å². The summed E-state index contributed by atoms with van der Waals surface area (Å²) in [7, 11) is 0. The van der Waals surface area contributed by atoms with Crippen LogP contribution in [0.15, 0.2) is 107 Å². The van der Waals surface area contributed by atoms with E-state index in [4.69, 9.17) is 13.9 Å². The normalized spacial score (nSPS) is 11.0. The van der Waals surface area contributed by atoms with Crippen molar-refractivity contribution in [1.82, 2.24) is 20.9 Å². The SMILES string of the molecule is Cc1nnc(C(=O)NCc2ccc(NC(=O)NN=Cc3cc(C(C)C)c(OCc4ccccc4)cc3OCc3ccccc3)cc2)o1. The molecule has 0 fully saturated rings. The Labute approximate surface area is 273 Å². The average Bonchev–Trinajstić information content (AvgIpc) is 3.53. The number of carbonyl (C=O) groups excluding carboxylic acids is 2. The maximum Gasteiger partial charge on any atom is 0.339 e. The first kappa shape index (κ1) is 32.4. The number of hydrazone groups is 1. The van der Waals surface area contributed by atoms with Gasteiger partial charge in [0, 0.05) is 30.8 Å². The third-order valence-electron chi connectivity index (χ3n) is 6.99. The van der Waals surface area contributed by atoms with Crippen molar-refractivity contribution in [3.8, 4) is 11.5 Å². The predicted octanol–water partition coefficient (Wildman–Crippen LogP) is 6.75. The largest absolute Gasteiger partial charge is 0.488 e. The van der Waals surface area contributed by atoms with Gasteiger partial charge in [0.05, 0.1) is 6.21 Å². The van der Waals surface area contributed by atoms with Gasteiger partial charge in [-0.25, -0.2) is 10.2 Å². The molecule has 0 unspecified atom stereocenters. The molecule has 240 valence electrons. The fourth-order valence-corrected chi connectivity index (χ4v) is 4.54. The number of benzene rings is 4. The summed E-state index contributed by atoms with van der Waals surface area (Å²) in [4.78, 5) is 24.8. The van der Waals surface area contributed by atoms with Crippen molar-refractivity contribution in [3.63, 3.8) is 0 Å². The second-order valence-electron chi connectivity index (χ2n) is 11.0. The van der Waals surface area contributed by atoms with Gasteiger partial charge in [-0.15, -0.1) is 10.2 Å². The summed E-state index contributed by atoms with van der Waals surface area (Å²) >= 11 is 0. The summed E-state index contributed by atoms with van der Waals surface area (Å²) in [5, 5.41) is 17.0. The Balaban J connectivity index is 1.23. The highest BCUT2D eigenvalue weighted by Gasteiger charge is 2.16. The Bertz CT molecular complexity index is 1810. The molecule has 0 saturated heterocycles. The second-order valence-corrected chi connectivity index (χ2v) is 11.0. The average molecular weight is 633 g/mol. The molecule has 0 bridgehead atoms. The Morgan fingerprint density at radius 3 is 2.06 bits per heavy atom. The van der Waals surface area contributed by atoms with Gasteiger partial charge < -0.3 is 24.5 Å². The molecular weight excluding hydrogens is 596 g/mol. The maximum absolute atomic E-state index is 12.6. The van der Waals surface area contributed by atoms with Crippen LogP contribution in [0.3, 0.4) is 0 Å². The van der Waals surface area contributed by atoms with Gasteiger partial charge >= 0.3 is 17.8 Å². The van der Waals surface area contributed by atoms with Gasteiger partial charge in [-0.2, -0.15) is 5.10 Å². The minimum absolute atomic E-state index is 0.0966. The molecule has 0 saturated carbocycles. The Kier molecular flexibility index (Phi) is 10.9. The van der Waals surface area contributed by atoms with Crippen LogP contribution in [-0.4, -0.2) is 28.4 Å². The van der Waals surface area contributed by atoms with E-state index >= 15 is 0 Å². The molecule has 0 radical (unpaired) electrons. The van der Waals surface area contributed by atoms with Crippen LogP contribution in [0.1, 0.15) is 64.2 Å². The van der Waals surface area contributed by atoms with Crippen LogP contribution in [-0.2, 0) is 19.8 Å². The number of aromatic nitrogens is 2. The van der Waals surface area contributed by atoms with Crippen LogP contribution in [0.4, 0.5) is 10.5 Å². The number of carbonyl (C=O) groups is 2. The molecule has 47 heavy (non-hydrogen) atoms. The van der Waals surface area contributed by atoms with E-state index in [9.17, 15) is 9.59 Å². The molecule has 11 heteroatoms. The lowest BCUT2D eigenvalue weighted by Crippen LogP contribution is -2.24. The van der Waals surface area contributed by atoms with Gasteiger partial charge in [-0.05, 0) is 46.4 Å². The van der Waals surface area contributed by atoms with E-state index in [1.165, 1.54) is 0 Å². The van der Waals surface area contributed by atoms with Crippen molar-refractivity contribution in [2.45, 2.75) is 46.4 Å². The number of hydrogen-bond acceptors (Lipinski definition) is 8. The van der Waals surface area contributed by atoms with Gasteiger partial charge in [-0.1, -0.05) is 86.6 Å². The number of anilines is 1. The zero-order valence-corrected chi connectivity index (χ0v) is 26.4. The molecule has 4 aromatic carbocycles. The molecule has 1 aromatic heterocycles. The Morgan fingerprint density at radius 2 is 1.47 bits per heavy atom. The minimum atomic E-state index is -0.521. The quantitative estimate of drug-likeness (QED) is 0.0964. The number of hydrogen-bond donors (Lipinski definition) is 3. The number of ether oxygens (including phenoxy) is 2. The first-order valence-electron chi connectivity index (χ1n) is 15.1. The van der Waals surface area contributed by atoms with Crippen LogP contribution in [0, 0.1) is 6.92 Å². The number of nitrogens with zero attached hydrogens (tertiary/aromatic N) is 3. The molecule has 5 rings (SSSR count). The molecule has 3 amide bonds. The third-order valence-corrected chi connectivity index (χ3v) is 6.99. The molecule has 0 aliphatic rings. The highest BCUT2D eigenvalue weighted by atomic mass is 16.5. The van der Waals surface area contributed by atoms with E-state index in [-0.39, 0.29) is 18.4 Å². The predicted molar refractivity (Wildman–Crippen MR) is 178 cm³/mol. The molecular formula is C36H36N6O5. The standard InChI is InChI=1S/C36H36N6O5/c1-24(2)31-18-29(32(45-22-27-10-6-4-7-11-27)19-33(31)46-23-28-12-8-5-9-13-28)21-38-42-36(44)39-30-16-14-26(15-17-30)20-37-34(43)35-41-40-25(3)47-35/h4-19,21,24H,20,22-23H2,1-3H3,(H,37,43)(H2,39,42,44). The van der Waals surface area contributed by atoms with Gasteiger partial charge in [0.1, 0.15) is 24.7 Å². The molecule has 0 aliphatic heterocycles. The fourth-order valence-electron chi connectivity index (χ4n) is 4.54. The van der Waals surface area contributed by atoms with Crippen molar-refractivity contribution in [2.24, 2.45) is 5.10 Å². The molecule has 0 atom stereocenters. The van der Waals surface area contributed by atoms with Gasteiger partial charge in [0.15, 0.2) is 0 Å². The highest BCUT2D eigenvalue weighted by Crippen LogP contribution is 2.34. The number of aryl methyl sites for hydroxylation is 1. The molecule has 3 N–H and O–H groups in total. The van der Waals surface area contributed by atoms with Crippen LogP contribution < -0.4 is 25.5 Å². The summed E-state index contributed by atoms with van der Waals surface area (Å²) in [5.74, 6) is 1.21. The lowest BCUT2D eigenvalue weighted by Gasteiger charge is -2.18. The van der Waals surface area contributed by atoms with E-state index in [1.54, 1.807) is 37.4 Å². The van der Waals surface area contributed by atoms with E-state index in [0.717, 1.165) is 28.0 Å². The number of nitrogens with one attached hydrogen (secondary N) is 3. The lowest BCUT2D eigenvalue weighted by molar-refractivity contribution is 0.0914. The van der Waals surface area contributed by atoms with Crippen LogP contribution in [0.25, 0.3) is 0 Å². The molecule has 11 nitrogen and oxygen atoms in total. The highest BCUT2D eigenvalue weighted by molar-refractivity contribution is 5.91. The van der Waals surface area contributed by atoms with E-state index in [2.05, 4.69) is 45.2 Å². The number of amides is 3. The first-order valence-corrected chi connectivity index (χ1v) is 15.1. The zero-order chi connectivity index (χ0) is 33.0. The Hall–Kier alpha value is -5.97. The maximum atomic E-state index is 12.6. The van der Waals surface area contributed by atoms with Crippen molar-refractivity contribution in [2.75, 3.05) is 5.32 Å². The van der Waals surface area contributed by atoms with Crippen LogP contribution >= 0.6 is 0 Å². The molecule has 5 aromatic rings. The molecule has 1 heterocycles. The van der Waals surface area contributed by atoms with E-state index in [1.807, 2.05) is 72.8 Å². The second kappa shape index (κ2) is 15.8.